The maximum atomic E-state index is 14.1. The second-order valence-corrected chi connectivity index (χ2v) is 8.67. The summed E-state index contributed by atoms with van der Waals surface area (Å²) in [6, 6.07) is 13.8. The van der Waals surface area contributed by atoms with Crippen LogP contribution in [0.25, 0.3) is 11.1 Å². The molecule has 2 aliphatic rings. The Morgan fingerprint density at radius 3 is 1.83 bits per heavy atom. The number of carbonyl (C=O) groups excluding carboxylic acids is 1. The van der Waals surface area contributed by atoms with Gasteiger partial charge in [-0.05, 0) is 52.1 Å². The highest BCUT2D eigenvalue weighted by molar-refractivity contribution is 5.81. The summed E-state index contributed by atoms with van der Waals surface area (Å²) < 4.78 is 60.9. The molecule has 9 heteroatoms. The molecule has 5 nitrogen and oxygen atoms in total. The Bertz CT molecular complexity index is 1280. The molecule has 180 valence electrons. The van der Waals surface area contributed by atoms with Crippen LogP contribution in [0.5, 0.6) is 0 Å². The fourth-order valence-electron chi connectivity index (χ4n) is 5.13. The Morgan fingerprint density at radius 2 is 1.34 bits per heavy atom. The van der Waals surface area contributed by atoms with E-state index in [-0.39, 0.29) is 25.4 Å². The number of benzene rings is 3. The zero-order valence-electron chi connectivity index (χ0n) is 18.2. The van der Waals surface area contributed by atoms with E-state index in [1.165, 1.54) is 0 Å². The number of amides is 1. The van der Waals surface area contributed by atoms with Gasteiger partial charge in [-0.15, -0.1) is 0 Å². The number of nitrogens with one attached hydrogen (secondary N) is 1. The molecule has 0 heterocycles. The lowest BCUT2D eigenvalue weighted by atomic mass is 9.96. The summed E-state index contributed by atoms with van der Waals surface area (Å²) in [6.07, 6.45) is -1.78. The van der Waals surface area contributed by atoms with E-state index in [0.717, 1.165) is 22.3 Å². The van der Waals surface area contributed by atoms with Crippen LogP contribution in [-0.4, -0.2) is 29.8 Å². The number of halogens is 4. The molecule has 0 aliphatic heterocycles. The first-order valence-electron chi connectivity index (χ1n) is 11.0. The molecule has 0 aromatic heterocycles. The Labute approximate surface area is 197 Å². The van der Waals surface area contributed by atoms with E-state index in [4.69, 9.17) is 4.74 Å². The zero-order chi connectivity index (χ0) is 24.9. The van der Waals surface area contributed by atoms with E-state index in [2.05, 4.69) is 5.32 Å². The predicted octanol–water partition coefficient (Wildman–Crippen LogP) is 4.95. The molecule has 1 atom stereocenters. The largest absolute Gasteiger partial charge is 0.480 e. The van der Waals surface area contributed by atoms with Crippen molar-refractivity contribution in [2.24, 2.45) is 5.92 Å². The number of fused-ring (bicyclic) bond motifs is 4. The van der Waals surface area contributed by atoms with Crippen molar-refractivity contribution in [3.05, 3.63) is 94.1 Å². The van der Waals surface area contributed by atoms with Gasteiger partial charge < -0.3 is 15.2 Å². The maximum Gasteiger partial charge on any atom is 0.407 e. The molecule has 0 fully saturated rings. The van der Waals surface area contributed by atoms with E-state index >= 15 is 0 Å². The van der Waals surface area contributed by atoms with Crippen LogP contribution >= 0.6 is 0 Å². The van der Waals surface area contributed by atoms with Crippen molar-refractivity contribution in [2.75, 3.05) is 6.61 Å². The lowest BCUT2D eigenvalue weighted by Gasteiger charge is -2.21. The zero-order valence-corrected chi connectivity index (χ0v) is 18.2. The Hall–Kier alpha value is -3.88. The molecule has 35 heavy (non-hydrogen) atoms. The molecule has 0 spiro atoms. The van der Waals surface area contributed by atoms with Crippen LogP contribution in [0.2, 0.25) is 0 Å². The molecular formula is C26H19F4NO4. The number of hydrogen-bond donors (Lipinski definition) is 2. The first-order chi connectivity index (χ1) is 16.8. The second kappa shape index (κ2) is 8.72. The fourth-order valence-corrected chi connectivity index (χ4v) is 5.13. The third-order valence-corrected chi connectivity index (χ3v) is 6.76. The van der Waals surface area contributed by atoms with Gasteiger partial charge in [0.2, 0.25) is 0 Å². The van der Waals surface area contributed by atoms with Crippen LogP contribution in [0.3, 0.4) is 0 Å². The maximum absolute atomic E-state index is 14.1. The van der Waals surface area contributed by atoms with E-state index in [0.29, 0.717) is 0 Å². The van der Waals surface area contributed by atoms with Crippen molar-refractivity contribution in [1.29, 1.82) is 0 Å². The van der Waals surface area contributed by atoms with Gasteiger partial charge in [0.15, 0.2) is 23.3 Å². The number of carboxylic acid groups (broad SMARTS) is 1. The van der Waals surface area contributed by atoms with Crippen LogP contribution in [0.15, 0.2) is 48.5 Å². The minimum absolute atomic E-state index is 0.0588. The van der Waals surface area contributed by atoms with Gasteiger partial charge >= 0.3 is 12.1 Å². The van der Waals surface area contributed by atoms with E-state index in [1.54, 1.807) is 0 Å². The molecule has 3 aromatic carbocycles. The Morgan fingerprint density at radius 1 is 0.857 bits per heavy atom. The highest BCUT2D eigenvalue weighted by Gasteiger charge is 2.40. The first-order valence-corrected chi connectivity index (χ1v) is 11.0. The smallest absolute Gasteiger partial charge is 0.407 e. The van der Waals surface area contributed by atoms with E-state index in [9.17, 15) is 32.3 Å². The van der Waals surface area contributed by atoms with Gasteiger partial charge in [-0.25, -0.2) is 27.2 Å². The normalized spacial score (nSPS) is 15.3. The highest BCUT2D eigenvalue weighted by Crippen LogP contribution is 2.44. The summed E-state index contributed by atoms with van der Waals surface area (Å²) in [5.41, 5.74) is 3.13. The fraction of sp³-hybridized carbons (Fsp3) is 0.231. The summed E-state index contributed by atoms with van der Waals surface area (Å²) in [4.78, 5) is 24.4. The number of alkyl carbamates (subject to hydrolysis) is 1. The summed E-state index contributed by atoms with van der Waals surface area (Å²) in [7, 11) is 0. The number of carboxylic acids is 1. The van der Waals surface area contributed by atoms with Crippen LogP contribution < -0.4 is 5.32 Å². The van der Waals surface area contributed by atoms with Gasteiger partial charge in [0.1, 0.15) is 12.6 Å². The minimum Gasteiger partial charge on any atom is -0.480 e. The minimum atomic E-state index is -1.95. The summed E-state index contributed by atoms with van der Waals surface area (Å²) in [6.45, 7) is -0.0588. The quantitative estimate of drug-likeness (QED) is 0.305. The van der Waals surface area contributed by atoms with Gasteiger partial charge in [0.25, 0.3) is 0 Å². The number of ether oxygens (including phenoxy) is 1. The number of rotatable bonds is 5. The van der Waals surface area contributed by atoms with Crippen LogP contribution in [-0.2, 0) is 22.4 Å². The summed E-state index contributed by atoms with van der Waals surface area (Å²) >= 11 is 0. The molecule has 3 aromatic rings. The third kappa shape index (κ3) is 3.80. The molecule has 0 bridgehead atoms. The van der Waals surface area contributed by atoms with Crippen LogP contribution in [0, 0.1) is 29.2 Å². The summed E-state index contributed by atoms with van der Waals surface area (Å²) in [5.74, 6) is -9.72. The second-order valence-electron chi connectivity index (χ2n) is 8.67. The molecular weight excluding hydrogens is 466 g/mol. The van der Waals surface area contributed by atoms with Gasteiger partial charge in [-0.1, -0.05) is 48.5 Å². The molecule has 5 rings (SSSR count). The number of carbonyl (C=O) groups is 2. The van der Waals surface area contributed by atoms with Gasteiger partial charge in [0.05, 0.1) is 0 Å². The van der Waals surface area contributed by atoms with Gasteiger partial charge in [0, 0.05) is 5.92 Å². The van der Waals surface area contributed by atoms with Crippen molar-refractivity contribution in [1.82, 2.24) is 5.32 Å². The van der Waals surface area contributed by atoms with E-state index < -0.39 is 58.4 Å². The molecule has 2 N–H and O–H groups in total. The number of aliphatic carboxylic acids is 1. The lowest BCUT2D eigenvalue weighted by Crippen LogP contribution is -2.46. The monoisotopic (exact) mass is 485 g/mol. The molecule has 0 radical (unpaired) electrons. The van der Waals surface area contributed by atoms with E-state index in [1.807, 2.05) is 48.5 Å². The van der Waals surface area contributed by atoms with Crippen molar-refractivity contribution in [2.45, 2.75) is 24.8 Å². The molecule has 0 unspecified atom stereocenters. The first kappa shape index (κ1) is 22.9. The van der Waals surface area contributed by atoms with Crippen molar-refractivity contribution in [3.63, 3.8) is 0 Å². The van der Waals surface area contributed by atoms with Crippen molar-refractivity contribution < 1.29 is 37.0 Å². The molecule has 0 saturated carbocycles. The summed E-state index contributed by atoms with van der Waals surface area (Å²) in [5, 5.41) is 11.9. The highest BCUT2D eigenvalue weighted by atomic mass is 19.2. The van der Waals surface area contributed by atoms with Crippen molar-refractivity contribution >= 4 is 12.1 Å². The van der Waals surface area contributed by atoms with Crippen LogP contribution in [0.4, 0.5) is 22.4 Å². The molecule has 1 amide bonds. The Kier molecular flexibility index (Phi) is 5.70. The van der Waals surface area contributed by atoms with Gasteiger partial charge in [-0.3, -0.25) is 0 Å². The Balaban J connectivity index is 1.30. The third-order valence-electron chi connectivity index (χ3n) is 6.76. The average Bonchev–Trinajstić information content (AvgIpc) is 3.43. The van der Waals surface area contributed by atoms with Gasteiger partial charge in [-0.2, -0.15) is 0 Å². The van der Waals surface area contributed by atoms with Crippen molar-refractivity contribution in [3.8, 4) is 11.1 Å². The topological polar surface area (TPSA) is 75.6 Å². The van der Waals surface area contributed by atoms with Crippen LogP contribution in [0.1, 0.15) is 28.2 Å². The lowest BCUT2D eigenvalue weighted by molar-refractivity contribution is -0.140. The SMILES string of the molecule is O=C(N[C@H](C(=O)O)C1Cc2c(F)c(F)c(F)c(F)c2C1)OCC1c2ccccc2-c2ccccc21. The standard InChI is InChI=1S/C26H19F4NO4/c27-20-17-9-12(10-18(17)21(28)23(30)22(20)29)24(25(32)33)31-26(34)35-11-19-15-7-3-1-5-13(15)14-6-2-4-8-16(14)19/h1-8,12,19,24H,9-11H2,(H,31,34)(H,32,33)/t24-/m0/s1. The average molecular weight is 485 g/mol. The number of hydrogen-bond acceptors (Lipinski definition) is 3. The molecule has 0 saturated heterocycles. The molecule has 2 aliphatic carbocycles. The predicted molar refractivity (Wildman–Crippen MR) is 117 cm³/mol.